The van der Waals surface area contributed by atoms with Gasteiger partial charge in [-0.05, 0) is 99.6 Å². The number of aryl methyl sites for hydroxylation is 3. The van der Waals surface area contributed by atoms with Gasteiger partial charge in [0.1, 0.15) is 12.2 Å². The summed E-state index contributed by atoms with van der Waals surface area (Å²) in [5.74, 6) is 2.94. The van der Waals surface area contributed by atoms with E-state index in [1.165, 1.54) is 43.5 Å². The van der Waals surface area contributed by atoms with Gasteiger partial charge in [-0.25, -0.2) is 4.98 Å². The van der Waals surface area contributed by atoms with Crippen molar-refractivity contribution >= 4 is 47.2 Å². The van der Waals surface area contributed by atoms with Crippen molar-refractivity contribution in [3.05, 3.63) is 64.3 Å². The van der Waals surface area contributed by atoms with Crippen molar-refractivity contribution in [3.63, 3.8) is 0 Å². The van der Waals surface area contributed by atoms with E-state index < -0.39 is 7.14 Å². The summed E-state index contributed by atoms with van der Waals surface area (Å²) in [6.07, 6.45) is 7.82. The lowest BCUT2D eigenvalue weighted by atomic mass is 10.0. The quantitative estimate of drug-likeness (QED) is 0.282. The maximum atomic E-state index is 12.9. The number of likely N-dealkylation sites (tertiary alicyclic amines) is 1. The van der Waals surface area contributed by atoms with E-state index in [1.807, 2.05) is 25.1 Å². The van der Waals surface area contributed by atoms with Crippen molar-refractivity contribution in [1.29, 1.82) is 0 Å². The van der Waals surface area contributed by atoms with Crippen molar-refractivity contribution in [2.24, 2.45) is 11.8 Å². The predicted octanol–water partition coefficient (Wildman–Crippen LogP) is 6.37. The second-order valence-corrected chi connectivity index (χ2v) is 15.0. The van der Waals surface area contributed by atoms with Gasteiger partial charge in [0.25, 0.3) is 0 Å². The molecule has 0 amide bonds. The van der Waals surface area contributed by atoms with E-state index in [-0.39, 0.29) is 0 Å². The van der Waals surface area contributed by atoms with E-state index in [0.717, 1.165) is 53.0 Å². The fourth-order valence-corrected chi connectivity index (χ4v) is 7.39. The fraction of sp³-hybridized carbons (Fsp3) is 0.448. The van der Waals surface area contributed by atoms with E-state index >= 15 is 0 Å². The molecular formula is C29H35ClN5OP. The van der Waals surface area contributed by atoms with Crippen LogP contribution in [0.5, 0.6) is 0 Å². The Balaban J connectivity index is 1.18. The van der Waals surface area contributed by atoms with Crippen LogP contribution in [-0.2, 0) is 17.4 Å². The van der Waals surface area contributed by atoms with Crippen LogP contribution in [0.4, 0.5) is 23.1 Å². The van der Waals surface area contributed by atoms with Crippen LogP contribution in [0.15, 0.2) is 42.6 Å². The van der Waals surface area contributed by atoms with E-state index in [2.05, 4.69) is 43.7 Å². The van der Waals surface area contributed by atoms with Gasteiger partial charge >= 0.3 is 0 Å². The van der Waals surface area contributed by atoms with Gasteiger partial charge in [-0.2, -0.15) is 4.98 Å². The molecule has 1 saturated heterocycles. The molecule has 2 aromatic carbocycles. The number of anilines is 4. The van der Waals surface area contributed by atoms with Gasteiger partial charge < -0.3 is 15.2 Å². The highest BCUT2D eigenvalue weighted by Gasteiger charge is 2.46. The lowest BCUT2D eigenvalue weighted by molar-refractivity contribution is 0.201. The van der Waals surface area contributed by atoms with Crippen molar-refractivity contribution in [3.8, 4) is 0 Å². The SMILES string of the molecule is Cc1ccc(Nc2nc(Nc3ccc4c(c3)CC[C@H](N3CC5CC5C3)CC4)ncc2Cl)c(P(C)(C)=O)c1. The van der Waals surface area contributed by atoms with Gasteiger partial charge in [0.2, 0.25) is 5.95 Å². The highest BCUT2D eigenvalue weighted by atomic mass is 35.5. The average molecular weight is 536 g/mol. The number of fused-ring (bicyclic) bond motifs is 2. The normalized spacial score (nSPS) is 23.2. The number of piperidine rings is 1. The molecule has 6 nitrogen and oxygen atoms in total. The summed E-state index contributed by atoms with van der Waals surface area (Å²) in [7, 11) is -2.50. The fourth-order valence-electron chi connectivity index (χ4n) is 6.03. The Morgan fingerprint density at radius 2 is 1.76 bits per heavy atom. The number of benzene rings is 2. The number of nitrogens with one attached hydrogen (secondary N) is 2. The molecule has 2 unspecified atom stereocenters. The van der Waals surface area contributed by atoms with Crippen molar-refractivity contribution in [2.75, 3.05) is 37.1 Å². The molecule has 194 valence electrons. The highest BCUT2D eigenvalue weighted by Crippen LogP contribution is 2.46. The lowest BCUT2D eigenvalue weighted by Gasteiger charge is -2.27. The third kappa shape index (κ3) is 5.43. The Morgan fingerprint density at radius 3 is 2.51 bits per heavy atom. The van der Waals surface area contributed by atoms with Crippen LogP contribution in [0, 0.1) is 18.8 Å². The summed E-state index contributed by atoms with van der Waals surface area (Å²) in [6, 6.07) is 13.2. The zero-order chi connectivity index (χ0) is 25.7. The summed E-state index contributed by atoms with van der Waals surface area (Å²) >= 11 is 6.45. The molecule has 2 heterocycles. The molecule has 2 aliphatic carbocycles. The van der Waals surface area contributed by atoms with Crippen LogP contribution in [0.3, 0.4) is 0 Å². The molecule has 8 heteroatoms. The van der Waals surface area contributed by atoms with Gasteiger partial charge in [-0.1, -0.05) is 29.3 Å². The van der Waals surface area contributed by atoms with Crippen LogP contribution in [0.1, 0.15) is 36.0 Å². The minimum Gasteiger partial charge on any atom is -0.338 e. The molecule has 0 bridgehead atoms. The van der Waals surface area contributed by atoms with Crippen molar-refractivity contribution in [2.45, 2.75) is 45.1 Å². The number of aromatic nitrogens is 2. The zero-order valence-corrected chi connectivity index (χ0v) is 23.4. The summed E-state index contributed by atoms with van der Waals surface area (Å²) in [6.45, 7) is 8.19. The molecular weight excluding hydrogens is 501 g/mol. The Bertz CT molecular complexity index is 1380. The van der Waals surface area contributed by atoms with E-state index in [4.69, 9.17) is 11.6 Å². The highest BCUT2D eigenvalue weighted by molar-refractivity contribution is 7.70. The zero-order valence-electron chi connectivity index (χ0n) is 21.8. The summed E-state index contributed by atoms with van der Waals surface area (Å²) in [4.78, 5) is 11.8. The minimum atomic E-state index is -2.50. The Labute approximate surface area is 224 Å². The average Bonchev–Trinajstić information content (AvgIpc) is 3.53. The molecule has 2 N–H and O–H groups in total. The second-order valence-electron chi connectivity index (χ2n) is 11.4. The molecule has 0 radical (unpaired) electrons. The molecule has 1 aromatic heterocycles. The number of halogens is 1. The van der Waals surface area contributed by atoms with Gasteiger partial charge in [-0.3, -0.25) is 4.90 Å². The molecule has 6 rings (SSSR count). The molecule has 3 aliphatic rings. The first kappa shape index (κ1) is 24.9. The molecule has 3 aromatic rings. The topological polar surface area (TPSA) is 70.2 Å². The number of hydrogen-bond acceptors (Lipinski definition) is 6. The Kier molecular flexibility index (Phi) is 6.55. The molecule has 37 heavy (non-hydrogen) atoms. The molecule has 1 saturated carbocycles. The second kappa shape index (κ2) is 9.72. The van der Waals surface area contributed by atoms with Crippen LogP contribution in [0.25, 0.3) is 0 Å². The monoisotopic (exact) mass is 535 g/mol. The molecule has 3 atom stereocenters. The maximum Gasteiger partial charge on any atom is 0.229 e. The molecule has 0 spiro atoms. The van der Waals surface area contributed by atoms with E-state index in [1.54, 1.807) is 19.5 Å². The van der Waals surface area contributed by atoms with Gasteiger partial charge in [0.05, 0.1) is 11.9 Å². The van der Waals surface area contributed by atoms with Crippen LogP contribution in [0.2, 0.25) is 5.02 Å². The standard InChI is InChI=1S/C29H35ClN5OP/c1-18-4-11-26(27(12-18)37(2,3)36)33-28-25(30)15-31-29(34-28)32-23-8-5-19-6-9-24(10-7-20(19)14-23)35-16-21-13-22(21)17-35/h4-5,8,11-12,14-15,21-22,24H,6-7,9-10,13,16-17H2,1-3H3,(H2,31,32,33,34)/t21?,22?,24-/m1/s1. The third-order valence-corrected chi connectivity index (χ3v) is 10.0. The van der Waals surface area contributed by atoms with Crippen LogP contribution < -0.4 is 15.9 Å². The van der Waals surface area contributed by atoms with E-state index in [0.29, 0.717) is 16.8 Å². The minimum absolute atomic E-state index is 0.409. The number of nitrogens with zero attached hydrogens (tertiary/aromatic N) is 3. The summed E-state index contributed by atoms with van der Waals surface area (Å²) in [5, 5.41) is 7.86. The van der Waals surface area contributed by atoms with Gasteiger partial charge in [0, 0.05) is 30.1 Å². The molecule has 2 fully saturated rings. The van der Waals surface area contributed by atoms with E-state index in [9.17, 15) is 4.57 Å². The van der Waals surface area contributed by atoms with Gasteiger partial charge in [0.15, 0.2) is 5.82 Å². The first-order valence-electron chi connectivity index (χ1n) is 13.3. The molecule has 1 aliphatic heterocycles. The van der Waals surface area contributed by atoms with Crippen molar-refractivity contribution < 1.29 is 4.57 Å². The number of hydrogen-bond donors (Lipinski definition) is 2. The Hall–Kier alpha value is -2.40. The summed E-state index contributed by atoms with van der Waals surface area (Å²) in [5.41, 5.74) is 5.69. The Morgan fingerprint density at radius 1 is 1.00 bits per heavy atom. The van der Waals surface area contributed by atoms with Gasteiger partial charge in [-0.15, -0.1) is 0 Å². The smallest absolute Gasteiger partial charge is 0.229 e. The first-order chi connectivity index (χ1) is 17.7. The van der Waals surface area contributed by atoms with Crippen LogP contribution in [-0.4, -0.2) is 47.3 Å². The summed E-state index contributed by atoms with van der Waals surface area (Å²) < 4.78 is 12.9. The number of rotatable bonds is 6. The first-order valence-corrected chi connectivity index (χ1v) is 16.3. The maximum absolute atomic E-state index is 12.9. The lowest BCUT2D eigenvalue weighted by Crippen LogP contribution is -2.34. The third-order valence-electron chi connectivity index (χ3n) is 8.21. The largest absolute Gasteiger partial charge is 0.338 e. The predicted molar refractivity (Wildman–Crippen MR) is 154 cm³/mol. The van der Waals surface area contributed by atoms with Crippen molar-refractivity contribution in [1.82, 2.24) is 14.9 Å². The van der Waals surface area contributed by atoms with Crippen LogP contribution >= 0.6 is 18.7 Å².